The van der Waals surface area contributed by atoms with Crippen LogP contribution in [-0.4, -0.2) is 55.3 Å². The SMILES string of the molecule is O=C(NCc1ccccc1)c1cccc(OCC(=O)N(C2CCCC2)[C@@H]2CCS(=O)(=O)C2)c1. The van der Waals surface area contributed by atoms with Gasteiger partial charge in [0.1, 0.15) is 5.75 Å². The molecule has 8 heteroatoms. The minimum atomic E-state index is -3.09. The number of hydrogen-bond donors (Lipinski definition) is 1. The highest BCUT2D eigenvalue weighted by atomic mass is 32.2. The maximum atomic E-state index is 13.1. The normalized spacial score (nSPS) is 19.8. The lowest BCUT2D eigenvalue weighted by Crippen LogP contribution is -2.48. The number of carbonyl (C=O) groups excluding carboxylic acids is 2. The van der Waals surface area contributed by atoms with Crippen LogP contribution in [0.2, 0.25) is 0 Å². The molecule has 33 heavy (non-hydrogen) atoms. The molecular weight excluding hydrogens is 440 g/mol. The number of hydrogen-bond acceptors (Lipinski definition) is 5. The summed E-state index contributed by atoms with van der Waals surface area (Å²) in [6.45, 7) is 0.242. The lowest BCUT2D eigenvalue weighted by Gasteiger charge is -2.34. The topological polar surface area (TPSA) is 92.8 Å². The van der Waals surface area contributed by atoms with Crippen molar-refractivity contribution >= 4 is 21.7 Å². The summed E-state index contributed by atoms with van der Waals surface area (Å²) < 4.78 is 29.8. The summed E-state index contributed by atoms with van der Waals surface area (Å²) in [5.74, 6) is 0.185. The molecule has 2 aromatic carbocycles. The van der Waals surface area contributed by atoms with Gasteiger partial charge in [0.25, 0.3) is 11.8 Å². The van der Waals surface area contributed by atoms with Gasteiger partial charge in [-0.2, -0.15) is 0 Å². The second-order valence-electron chi connectivity index (χ2n) is 8.78. The predicted molar refractivity (Wildman–Crippen MR) is 126 cm³/mol. The molecule has 1 atom stereocenters. The van der Waals surface area contributed by atoms with E-state index in [0.717, 1.165) is 31.2 Å². The third-order valence-electron chi connectivity index (χ3n) is 6.36. The van der Waals surface area contributed by atoms with Crippen molar-refractivity contribution in [3.63, 3.8) is 0 Å². The van der Waals surface area contributed by atoms with Crippen LogP contribution < -0.4 is 10.1 Å². The molecule has 1 saturated carbocycles. The van der Waals surface area contributed by atoms with Gasteiger partial charge in [-0.15, -0.1) is 0 Å². The third kappa shape index (κ3) is 6.13. The van der Waals surface area contributed by atoms with E-state index < -0.39 is 9.84 Å². The van der Waals surface area contributed by atoms with Crippen molar-refractivity contribution in [2.24, 2.45) is 0 Å². The van der Waals surface area contributed by atoms with Gasteiger partial charge in [0, 0.05) is 24.2 Å². The highest BCUT2D eigenvalue weighted by molar-refractivity contribution is 7.91. The molecule has 2 fully saturated rings. The predicted octanol–water partition coefficient (Wildman–Crippen LogP) is 2.95. The van der Waals surface area contributed by atoms with Crippen LogP contribution in [0, 0.1) is 0 Å². The van der Waals surface area contributed by atoms with Gasteiger partial charge in [-0.25, -0.2) is 8.42 Å². The molecule has 0 bridgehead atoms. The highest BCUT2D eigenvalue weighted by Gasteiger charge is 2.39. The van der Waals surface area contributed by atoms with Gasteiger partial charge in [-0.1, -0.05) is 49.2 Å². The third-order valence-corrected chi connectivity index (χ3v) is 8.11. The maximum Gasteiger partial charge on any atom is 0.261 e. The van der Waals surface area contributed by atoms with Crippen molar-refractivity contribution < 1.29 is 22.7 Å². The number of sulfone groups is 1. The number of rotatable bonds is 8. The first kappa shape index (κ1) is 23.3. The Morgan fingerprint density at radius 1 is 0.970 bits per heavy atom. The molecule has 1 aliphatic carbocycles. The first-order valence-electron chi connectivity index (χ1n) is 11.5. The lowest BCUT2D eigenvalue weighted by molar-refractivity contribution is -0.137. The maximum absolute atomic E-state index is 13.1. The van der Waals surface area contributed by atoms with Crippen molar-refractivity contribution in [2.45, 2.75) is 50.7 Å². The van der Waals surface area contributed by atoms with Gasteiger partial charge in [0.15, 0.2) is 16.4 Å². The van der Waals surface area contributed by atoms with Crippen molar-refractivity contribution in [3.05, 3.63) is 65.7 Å². The minimum Gasteiger partial charge on any atom is -0.484 e. The van der Waals surface area contributed by atoms with E-state index in [1.54, 1.807) is 29.2 Å². The Kier molecular flexibility index (Phi) is 7.33. The quantitative estimate of drug-likeness (QED) is 0.640. The number of nitrogens with one attached hydrogen (secondary N) is 1. The molecule has 0 spiro atoms. The minimum absolute atomic E-state index is 0.0340. The van der Waals surface area contributed by atoms with Gasteiger partial charge in [0.2, 0.25) is 0 Å². The van der Waals surface area contributed by atoms with E-state index in [-0.39, 0.29) is 42.0 Å². The van der Waals surface area contributed by atoms with Crippen molar-refractivity contribution in [1.29, 1.82) is 0 Å². The second-order valence-corrected chi connectivity index (χ2v) is 11.0. The molecule has 2 aromatic rings. The van der Waals surface area contributed by atoms with Gasteiger partial charge < -0.3 is 15.0 Å². The molecule has 1 heterocycles. The first-order valence-corrected chi connectivity index (χ1v) is 13.3. The number of amides is 2. The van der Waals surface area contributed by atoms with Crippen LogP contribution in [0.25, 0.3) is 0 Å². The van der Waals surface area contributed by atoms with Gasteiger partial charge in [-0.05, 0) is 43.0 Å². The van der Waals surface area contributed by atoms with Crippen LogP contribution >= 0.6 is 0 Å². The number of nitrogens with zero attached hydrogens (tertiary/aromatic N) is 1. The molecule has 1 aliphatic heterocycles. The average molecular weight is 471 g/mol. The lowest BCUT2D eigenvalue weighted by atomic mass is 10.1. The zero-order valence-corrected chi connectivity index (χ0v) is 19.4. The van der Waals surface area contributed by atoms with E-state index in [1.807, 2.05) is 30.3 Å². The van der Waals surface area contributed by atoms with Crippen LogP contribution in [0.4, 0.5) is 0 Å². The van der Waals surface area contributed by atoms with Crippen molar-refractivity contribution in [1.82, 2.24) is 10.2 Å². The summed E-state index contributed by atoms with van der Waals surface area (Å²) in [7, 11) is -3.09. The molecular formula is C25H30N2O5S. The Labute approximate surface area is 195 Å². The van der Waals surface area contributed by atoms with Crippen LogP contribution in [0.1, 0.15) is 48.0 Å². The van der Waals surface area contributed by atoms with Crippen LogP contribution in [0.3, 0.4) is 0 Å². The molecule has 4 rings (SSSR count). The van der Waals surface area contributed by atoms with Gasteiger partial charge >= 0.3 is 0 Å². The fourth-order valence-electron chi connectivity index (χ4n) is 4.71. The van der Waals surface area contributed by atoms with E-state index >= 15 is 0 Å². The first-order chi connectivity index (χ1) is 15.9. The Morgan fingerprint density at radius 3 is 2.42 bits per heavy atom. The molecule has 2 aliphatic rings. The summed E-state index contributed by atoms with van der Waals surface area (Å²) in [6.07, 6.45) is 4.39. The van der Waals surface area contributed by atoms with Crippen LogP contribution in [-0.2, 0) is 21.2 Å². The van der Waals surface area contributed by atoms with E-state index in [1.165, 1.54) is 0 Å². The number of benzene rings is 2. The molecule has 176 valence electrons. The fraction of sp³-hybridized carbons (Fsp3) is 0.440. The Bertz CT molecular complexity index is 1080. The largest absolute Gasteiger partial charge is 0.484 e. The highest BCUT2D eigenvalue weighted by Crippen LogP contribution is 2.29. The Morgan fingerprint density at radius 2 is 1.73 bits per heavy atom. The second kappa shape index (κ2) is 10.4. The fourth-order valence-corrected chi connectivity index (χ4v) is 6.42. The van der Waals surface area contributed by atoms with Crippen LogP contribution in [0.5, 0.6) is 5.75 Å². The van der Waals surface area contributed by atoms with E-state index in [2.05, 4.69) is 5.32 Å². The van der Waals surface area contributed by atoms with E-state index in [9.17, 15) is 18.0 Å². The number of ether oxygens (including phenoxy) is 1. The summed E-state index contributed by atoms with van der Waals surface area (Å²) in [5.41, 5.74) is 1.45. The molecule has 1 N–H and O–H groups in total. The van der Waals surface area contributed by atoms with E-state index in [4.69, 9.17) is 4.74 Å². The molecule has 0 radical (unpaired) electrons. The standard InChI is InChI=1S/C25H30N2O5S/c28-24(27(21-10-4-5-11-21)22-13-14-33(30,31)18-22)17-32-23-12-6-9-20(15-23)25(29)26-16-19-7-2-1-3-8-19/h1-3,6-9,12,15,21-22H,4-5,10-11,13-14,16-18H2,(H,26,29)/t22-/m1/s1. The van der Waals surface area contributed by atoms with Gasteiger partial charge in [-0.3, -0.25) is 9.59 Å². The van der Waals surface area contributed by atoms with Crippen molar-refractivity contribution in [2.75, 3.05) is 18.1 Å². The molecule has 0 unspecified atom stereocenters. The summed E-state index contributed by atoms with van der Waals surface area (Å²) >= 11 is 0. The summed E-state index contributed by atoms with van der Waals surface area (Å²) in [6, 6.07) is 16.2. The smallest absolute Gasteiger partial charge is 0.261 e. The van der Waals surface area contributed by atoms with Crippen LogP contribution in [0.15, 0.2) is 54.6 Å². The Balaban J connectivity index is 1.37. The zero-order chi connectivity index (χ0) is 23.3. The summed E-state index contributed by atoms with van der Waals surface area (Å²) in [4.78, 5) is 27.4. The monoisotopic (exact) mass is 470 g/mol. The average Bonchev–Trinajstić information content (AvgIpc) is 3.47. The van der Waals surface area contributed by atoms with Gasteiger partial charge in [0.05, 0.1) is 11.5 Å². The molecule has 2 amide bonds. The van der Waals surface area contributed by atoms with E-state index in [0.29, 0.717) is 24.3 Å². The molecule has 0 aromatic heterocycles. The Hall–Kier alpha value is -2.87. The molecule has 1 saturated heterocycles. The zero-order valence-electron chi connectivity index (χ0n) is 18.6. The number of carbonyl (C=O) groups is 2. The summed E-state index contributed by atoms with van der Waals surface area (Å²) in [5, 5.41) is 2.88. The molecule has 7 nitrogen and oxygen atoms in total. The van der Waals surface area contributed by atoms with Crippen molar-refractivity contribution in [3.8, 4) is 5.75 Å².